The van der Waals surface area contributed by atoms with E-state index in [-0.39, 0.29) is 6.04 Å². The number of fused-ring (bicyclic) bond motifs is 1. The number of benzene rings is 2. The van der Waals surface area contributed by atoms with Crippen molar-refractivity contribution in [2.75, 3.05) is 0 Å². The zero-order valence-corrected chi connectivity index (χ0v) is 14.5. The molecule has 1 aliphatic rings. The molecule has 1 unspecified atom stereocenters. The molecular weight excluding hydrogens is 343 g/mol. The van der Waals surface area contributed by atoms with Crippen molar-refractivity contribution in [2.24, 2.45) is 0 Å². The summed E-state index contributed by atoms with van der Waals surface area (Å²) in [5.41, 5.74) is 2.24. The molecule has 25 heavy (non-hydrogen) atoms. The maximum atomic E-state index is 13.7. The predicted molar refractivity (Wildman–Crippen MR) is 91.8 cm³/mol. The average molecular weight is 362 g/mol. The molecule has 2 atom stereocenters. The topological polar surface area (TPSA) is 75.3 Å². The number of rotatable bonds is 5. The SMILES string of the molecule is C[C@H](NS(=O)(=O)c1ccccc1F)C(=O)NC1CCc2ccccc21. The molecule has 1 amide bonds. The summed E-state index contributed by atoms with van der Waals surface area (Å²) in [6.45, 7) is 1.44. The Morgan fingerprint density at radius 1 is 1.16 bits per heavy atom. The standard InChI is InChI=1S/C18H19FN2O3S/c1-12(21-25(23,24)17-9-5-4-8-15(17)19)18(22)20-16-11-10-13-6-2-3-7-14(13)16/h2-9,12,16,21H,10-11H2,1H3,(H,20,22)/t12-,16?/m0/s1. The van der Waals surface area contributed by atoms with Crippen LogP contribution >= 0.6 is 0 Å². The number of carbonyl (C=O) groups is 1. The minimum absolute atomic E-state index is 0.135. The molecule has 2 aromatic rings. The van der Waals surface area contributed by atoms with Gasteiger partial charge in [-0.25, -0.2) is 12.8 Å². The van der Waals surface area contributed by atoms with Gasteiger partial charge in [0.25, 0.3) is 0 Å². The number of halogens is 1. The number of nitrogens with one attached hydrogen (secondary N) is 2. The van der Waals surface area contributed by atoms with Gasteiger partial charge in [-0.05, 0) is 43.0 Å². The Kier molecular flexibility index (Phi) is 4.87. The monoisotopic (exact) mass is 362 g/mol. The van der Waals surface area contributed by atoms with Crippen molar-refractivity contribution in [2.45, 2.75) is 36.7 Å². The van der Waals surface area contributed by atoms with Crippen molar-refractivity contribution in [3.63, 3.8) is 0 Å². The van der Waals surface area contributed by atoms with Crippen molar-refractivity contribution in [3.8, 4) is 0 Å². The molecule has 0 saturated heterocycles. The zero-order chi connectivity index (χ0) is 18.0. The van der Waals surface area contributed by atoms with Gasteiger partial charge >= 0.3 is 0 Å². The molecule has 0 fully saturated rings. The minimum atomic E-state index is -4.12. The quantitative estimate of drug-likeness (QED) is 0.857. The van der Waals surface area contributed by atoms with Gasteiger partial charge in [-0.15, -0.1) is 0 Å². The van der Waals surface area contributed by atoms with Crippen LogP contribution in [0, 0.1) is 5.82 Å². The van der Waals surface area contributed by atoms with Crippen LogP contribution < -0.4 is 10.0 Å². The fourth-order valence-corrected chi connectivity index (χ4v) is 4.30. The molecule has 0 saturated carbocycles. The Labute approximate surface area is 146 Å². The molecule has 2 aromatic carbocycles. The Morgan fingerprint density at radius 3 is 2.60 bits per heavy atom. The Hall–Kier alpha value is -2.25. The smallest absolute Gasteiger partial charge is 0.244 e. The minimum Gasteiger partial charge on any atom is -0.348 e. The third kappa shape index (κ3) is 3.72. The second-order valence-corrected chi connectivity index (χ2v) is 7.75. The van der Waals surface area contributed by atoms with Crippen LogP contribution in [-0.4, -0.2) is 20.4 Å². The summed E-state index contributed by atoms with van der Waals surface area (Å²) in [6.07, 6.45) is 1.65. The van der Waals surface area contributed by atoms with E-state index in [4.69, 9.17) is 0 Å². The van der Waals surface area contributed by atoms with E-state index in [0.29, 0.717) is 0 Å². The fraction of sp³-hybridized carbons (Fsp3) is 0.278. The van der Waals surface area contributed by atoms with Gasteiger partial charge in [0.2, 0.25) is 15.9 Å². The lowest BCUT2D eigenvalue weighted by molar-refractivity contribution is -0.123. The maximum absolute atomic E-state index is 13.7. The number of hydrogen-bond acceptors (Lipinski definition) is 3. The van der Waals surface area contributed by atoms with Crippen LogP contribution in [0.4, 0.5) is 4.39 Å². The molecule has 0 aromatic heterocycles. The van der Waals surface area contributed by atoms with Gasteiger partial charge in [0.1, 0.15) is 10.7 Å². The summed E-state index contributed by atoms with van der Waals surface area (Å²) in [7, 11) is -4.12. The Balaban J connectivity index is 1.69. The highest BCUT2D eigenvalue weighted by Gasteiger charge is 2.28. The number of carbonyl (C=O) groups excluding carboxylic acids is 1. The molecule has 0 spiro atoms. The molecule has 0 aliphatic heterocycles. The number of aryl methyl sites for hydroxylation is 1. The van der Waals surface area contributed by atoms with Crippen molar-refractivity contribution in [1.29, 1.82) is 0 Å². The predicted octanol–water partition coefficient (Wildman–Crippen LogP) is 2.30. The van der Waals surface area contributed by atoms with Crippen LogP contribution in [0.2, 0.25) is 0 Å². The number of sulfonamides is 1. The lowest BCUT2D eigenvalue weighted by atomic mass is 10.1. The Bertz CT molecular complexity index is 899. The highest BCUT2D eigenvalue weighted by molar-refractivity contribution is 7.89. The summed E-state index contributed by atoms with van der Waals surface area (Å²) in [6, 6.07) is 11.8. The van der Waals surface area contributed by atoms with Crippen LogP contribution in [0.25, 0.3) is 0 Å². The number of hydrogen-bond donors (Lipinski definition) is 2. The van der Waals surface area contributed by atoms with Gasteiger partial charge in [0, 0.05) is 0 Å². The molecule has 0 radical (unpaired) electrons. The third-order valence-corrected chi connectivity index (χ3v) is 5.87. The highest BCUT2D eigenvalue weighted by atomic mass is 32.2. The van der Waals surface area contributed by atoms with Gasteiger partial charge in [-0.2, -0.15) is 4.72 Å². The van der Waals surface area contributed by atoms with Crippen molar-refractivity contribution in [1.82, 2.24) is 10.0 Å². The van der Waals surface area contributed by atoms with E-state index < -0.39 is 32.7 Å². The fourth-order valence-electron chi connectivity index (χ4n) is 3.02. The van der Waals surface area contributed by atoms with Gasteiger partial charge in [-0.1, -0.05) is 36.4 Å². The largest absolute Gasteiger partial charge is 0.348 e. The first-order valence-electron chi connectivity index (χ1n) is 8.03. The molecular formula is C18H19FN2O3S. The zero-order valence-electron chi connectivity index (χ0n) is 13.7. The van der Waals surface area contributed by atoms with Gasteiger partial charge in [0.15, 0.2) is 0 Å². The summed E-state index contributed by atoms with van der Waals surface area (Å²) in [5.74, 6) is -1.30. The normalized spacial score (nSPS) is 17.8. The van der Waals surface area contributed by atoms with E-state index in [9.17, 15) is 17.6 Å². The van der Waals surface area contributed by atoms with Crippen molar-refractivity contribution < 1.29 is 17.6 Å². The number of amides is 1. The van der Waals surface area contributed by atoms with E-state index in [0.717, 1.165) is 30.5 Å². The molecule has 0 heterocycles. The average Bonchev–Trinajstić information content (AvgIpc) is 2.98. The van der Waals surface area contributed by atoms with E-state index in [1.807, 2.05) is 24.3 Å². The van der Waals surface area contributed by atoms with Crippen molar-refractivity contribution in [3.05, 3.63) is 65.5 Å². The first kappa shape index (κ1) is 17.6. The van der Waals surface area contributed by atoms with E-state index in [2.05, 4.69) is 10.0 Å². The first-order chi connectivity index (χ1) is 11.9. The van der Waals surface area contributed by atoms with Crippen LogP contribution in [0.15, 0.2) is 53.4 Å². The molecule has 2 N–H and O–H groups in total. The second-order valence-electron chi connectivity index (χ2n) is 6.07. The van der Waals surface area contributed by atoms with E-state index in [1.54, 1.807) is 0 Å². The molecule has 1 aliphatic carbocycles. The van der Waals surface area contributed by atoms with Crippen molar-refractivity contribution >= 4 is 15.9 Å². The maximum Gasteiger partial charge on any atom is 0.244 e. The highest BCUT2D eigenvalue weighted by Crippen LogP contribution is 2.30. The summed E-state index contributed by atoms with van der Waals surface area (Å²) < 4.78 is 40.5. The third-order valence-electron chi connectivity index (χ3n) is 4.30. The molecule has 5 nitrogen and oxygen atoms in total. The van der Waals surface area contributed by atoms with Gasteiger partial charge in [0.05, 0.1) is 12.1 Å². The Morgan fingerprint density at radius 2 is 1.84 bits per heavy atom. The van der Waals surface area contributed by atoms with E-state index >= 15 is 0 Å². The van der Waals surface area contributed by atoms with Crippen LogP contribution in [0.5, 0.6) is 0 Å². The molecule has 3 rings (SSSR count). The second kappa shape index (κ2) is 6.93. The van der Waals surface area contributed by atoms with Crippen LogP contribution in [0.3, 0.4) is 0 Å². The van der Waals surface area contributed by atoms with Crippen LogP contribution in [-0.2, 0) is 21.2 Å². The molecule has 132 valence electrons. The van der Waals surface area contributed by atoms with Gasteiger partial charge in [-0.3, -0.25) is 4.79 Å². The summed E-state index contributed by atoms with van der Waals surface area (Å²) in [4.78, 5) is 11.9. The van der Waals surface area contributed by atoms with Gasteiger partial charge < -0.3 is 5.32 Å². The summed E-state index contributed by atoms with van der Waals surface area (Å²) >= 11 is 0. The summed E-state index contributed by atoms with van der Waals surface area (Å²) in [5, 5.41) is 2.86. The van der Waals surface area contributed by atoms with E-state index in [1.165, 1.54) is 24.6 Å². The molecule has 7 heteroatoms. The lowest BCUT2D eigenvalue weighted by Crippen LogP contribution is -2.45. The first-order valence-corrected chi connectivity index (χ1v) is 9.52. The molecule has 0 bridgehead atoms. The van der Waals surface area contributed by atoms with Crippen LogP contribution in [0.1, 0.15) is 30.5 Å². The lowest BCUT2D eigenvalue weighted by Gasteiger charge is -2.19.